The normalized spacial score (nSPS) is 32.2. The standard InChI is InChI=1S/C10H18O4/c1-7(8(2)11)10(9(12)13)4-3-5-14-6-10/h7-8,11H,3-6H2,1-2H3,(H,12,13). The Labute approximate surface area is 83.9 Å². The number of rotatable bonds is 3. The average molecular weight is 202 g/mol. The first-order valence-corrected chi connectivity index (χ1v) is 5.00. The van der Waals surface area contributed by atoms with E-state index in [1.165, 1.54) is 0 Å². The van der Waals surface area contributed by atoms with E-state index in [9.17, 15) is 15.0 Å². The first-order valence-electron chi connectivity index (χ1n) is 5.00. The minimum Gasteiger partial charge on any atom is -0.481 e. The highest BCUT2D eigenvalue weighted by molar-refractivity contribution is 5.75. The van der Waals surface area contributed by atoms with Crippen molar-refractivity contribution in [3.8, 4) is 0 Å². The fraction of sp³-hybridized carbons (Fsp3) is 0.900. The van der Waals surface area contributed by atoms with E-state index in [0.717, 1.165) is 6.42 Å². The van der Waals surface area contributed by atoms with Crippen molar-refractivity contribution in [2.24, 2.45) is 11.3 Å². The van der Waals surface area contributed by atoms with Gasteiger partial charge in [-0.3, -0.25) is 4.79 Å². The summed E-state index contributed by atoms with van der Waals surface area (Å²) in [4.78, 5) is 11.2. The van der Waals surface area contributed by atoms with Gasteiger partial charge in [0, 0.05) is 12.5 Å². The summed E-state index contributed by atoms with van der Waals surface area (Å²) in [5.41, 5.74) is -0.896. The van der Waals surface area contributed by atoms with Gasteiger partial charge < -0.3 is 14.9 Å². The Hall–Kier alpha value is -0.610. The van der Waals surface area contributed by atoms with E-state index in [0.29, 0.717) is 13.0 Å². The Morgan fingerprint density at radius 3 is 2.50 bits per heavy atom. The van der Waals surface area contributed by atoms with Gasteiger partial charge in [-0.2, -0.15) is 0 Å². The summed E-state index contributed by atoms with van der Waals surface area (Å²) in [5, 5.41) is 18.7. The third-order valence-electron chi connectivity index (χ3n) is 3.29. The zero-order valence-electron chi connectivity index (χ0n) is 8.69. The van der Waals surface area contributed by atoms with Gasteiger partial charge in [0.25, 0.3) is 0 Å². The van der Waals surface area contributed by atoms with Gasteiger partial charge in [-0.25, -0.2) is 0 Å². The molecule has 1 heterocycles. The largest absolute Gasteiger partial charge is 0.481 e. The molecule has 4 nitrogen and oxygen atoms in total. The molecule has 0 aliphatic carbocycles. The Bertz CT molecular complexity index is 206. The van der Waals surface area contributed by atoms with Crippen molar-refractivity contribution in [1.82, 2.24) is 0 Å². The zero-order valence-corrected chi connectivity index (χ0v) is 8.69. The summed E-state index contributed by atoms with van der Waals surface area (Å²) >= 11 is 0. The van der Waals surface area contributed by atoms with Gasteiger partial charge >= 0.3 is 5.97 Å². The number of carbonyl (C=O) groups is 1. The maximum atomic E-state index is 11.2. The quantitative estimate of drug-likeness (QED) is 0.713. The van der Waals surface area contributed by atoms with Crippen molar-refractivity contribution in [3.63, 3.8) is 0 Å². The maximum absolute atomic E-state index is 11.2. The van der Waals surface area contributed by atoms with Crippen molar-refractivity contribution < 1.29 is 19.7 Å². The van der Waals surface area contributed by atoms with E-state index in [-0.39, 0.29) is 12.5 Å². The number of aliphatic hydroxyl groups excluding tert-OH is 1. The predicted octanol–water partition coefficient (Wildman–Crippen LogP) is 0.885. The van der Waals surface area contributed by atoms with E-state index in [2.05, 4.69) is 0 Å². The fourth-order valence-corrected chi connectivity index (χ4v) is 2.00. The molecule has 0 aromatic carbocycles. The van der Waals surface area contributed by atoms with Crippen LogP contribution in [-0.4, -0.2) is 35.5 Å². The molecular weight excluding hydrogens is 184 g/mol. The second-order valence-electron chi connectivity index (χ2n) is 4.15. The molecule has 0 aromatic rings. The fourth-order valence-electron chi connectivity index (χ4n) is 2.00. The molecule has 4 heteroatoms. The van der Waals surface area contributed by atoms with Crippen LogP contribution in [0.2, 0.25) is 0 Å². The Morgan fingerprint density at radius 1 is 1.50 bits per heavy atom. The molecule has 0 aromatic heterocycles. The first kappa shape index (κ1) is 11.5. The van der Waals surface area contributed by atoms with Crippen LogP contribution in [-0.2, 0) is 9.53 Å². The van der Waals surface area contributed by atoms with E-state index in [4.69, 9.17) is 4.74 Å². The number of hydrogen-bond donors (Lipinski definition) is 2. The third-order valence-corrected chi connectivity index (χ3v) is 3.29. The lowest BCUT2D eigenvalue weighted by Crippen LogP contribution is -2.47. The molecule has 3 unspecified atom stereocenters. The molecule has 1 rings (SSSR count). The summed E-state index contributed by atoms with van der Waals surface area (Å²) < 4.78 is 5.23. The van der Waals surface area contributed by atoms with E-state index >= 15 is 0 Å². The maximum Gasteiger partial charge on any atom is 0.312 e. The van der Waals surface area contributed by atoms with Gasteiger partial charge in [-0.05, 0) is 19.8 Å². The van der Waals surface area contributed by atoms with Gasteiger partial charge in [0.15, 0.2) is 0 Å². The molecule has 1 saturated heterocycles. The van der Waals surface area contributed by atoms with Gasteiger partial charge in [-0.1, -0.05) is 6.92 Å². The van der Waals surface area contributed by atoms with Crippen molar-refractivity contribution in [1.29, 1.82) is 0 Å². The first-order chi connectivity index (χ1) is 6.50. The Kier molecular flexibility index (Phi) is 3.50. The summed E-state index contributed by atoms with van der Waals surface area (Å²) in [5.74, 6) is -1.13. The van der Waals surface area contributed by atoms with Crippen LogP contribution in [0.5, 0.6) is 0 Å². The molecule has 82 valence electrons. The molecule has 1 aliphatic heterocycles. The Balaban J connectivity index is 2.85. The van der Waals surface area contributed by atoms with E-state index < -0.39 is 17.5 Å². The molecule has 3 atom stereocenters. The van der Waals surface area contributed by atoms with Crippen molar-refractivity contribution in [2.75, 3.05) is 13.2 Å². The second kappa shape index (κ2) is 4.28. The summed E-state index contributed by atoms with van der Waals surface area (Å²) in [6.07, 6.45) is 0.727. The van der Waals surface area contributed by atoms with Gasteiger partial charge in [-0.15, -0.1) is 0 Å². The van der Waals surface area contributed by atoms with Crippen LogP contribution >= 0.6 is 0 Å². The molecule has 0 radical (unpaired) electrons. The highest BCUT2D eigenvalue weighted by Crippen LogP contribution is 2.38. The summed E-state index contributed by atoms with van der Waals surface area (Å²) in [7, 11) is 0. The lowest BCUT2D eigenvalue weighted by molar-refractivity contribution is -0.167. The van der Waals surface area contributed by atoms with Crippen molar-refractivity contribution in [2.45, 2.75) is 32.8 Å². The van der Waals surface area contributed by atoms with E-state index in [1.807, 2.05) is 0 Å². The summed E-state index contributed by atoms with van der Waals surface area (Å²) in [6.45, 7) is 4.24. The van der Waals surface area contributed by atoms with Gasteiger partial charge in [0.1, 0.15) is 0 Å². The van der Waals surface area contributed by atoms with E-state index in [1.54, 1.807) is 13.8 Å². The summed E-state index contributed by atoms with van der Waals surface area (Å²) in [6, 6.07) is 0. The topological polar surface area (TPSA) is 66.8 Å². The third kappa shape index (κ3) is 1.91. The van der Waals surface area contributed by atoms with Crippen LogP contribution in [0.15, 0.2) is 0 Å². The number of aliphatic hydroxyl groups is 1. The molecule has 14 heavy (non-hydrogen) atoms. The van der Waals surface area contributed by atoms with Gasteiger partial charge in [0.2, 0.25) is 0 Å². The molecule has 0 saturated carbocycles. The smallest absolute Gasteiger partial charge is 0.312 e. The number of carboxylic acid groups (broad SMARTS) is 1. The molecule has 0 amide bonds. The van der Waals surface area contributed by atoms with Crippen LogP contribution in [0.3, 0.4) is 0 Å². The number of hydrogen-bond acceptors (Lipinski definition) is 3. The highest BCUT2D eigenvalue weighted by Gasteiger charge is 2.46. The van der Waals surface area contributed by atoms with Crippen molar-refractivity contribution in [3.05, 3.63) is 0 Å². The molecule has 2 N–H and O–H groups in total. The molecule has 1 aliphatic rings. The molecule has 1 fully saturated rings. The van der Waals surface area contributed by atoms with Gasteiger partial charge in [0.05, 0.1) is 18.1 Å². The van der Waals surface area contributed by atoms with Crippen LogP contribution in [0.4, 0.5) is 0 Å². The van der Waals surface area contributed by atoms with Crippen LogP contribution < -0.4 is 0 Å². The highest BCUT2D eigenvalue weighted by atomic mass is 16.5. The number of aliphatic carboxylic acids is 1. The monoisotopic (exact) mass is 202 g/mol. The molecule has 0 bridgehead atoms. The van der Waals surface area contributed by atoms with Crippen LogP contribution in [0, 0.1) is 11.3 Å². The lowest BCUT2D eigenvalue weighted by atomic mass is 9.70. The minimum absolute atomic E-state index is 0.217. The molecule has 0 spiro atoms. The average Bonchev–Trinajstić information content (AvgIpc) is 2.17. The number of ether oxygens (including phenoxy) is 1. The van der Waals surface area contributed by atoms with Crippen molar-refractivity contribution >= 4 is 5.97 Å². The minimum atomic E-state index is -0.896. The Morgan fingerprint density at radius 2 is 2.14 bits per heavy atom. The number of carboxylic acids is 1. The second-order valence-corrected chi connectivity index (χ2v) is 4.15. The molecular formula is C10H18O4. The predicted molar refractivity (Wildman–Crippen MR) is 51.0 cm³/mol. The SMILES string of the molecule is CC(O)C(C)C1(C(=O)O)CCCOC1. The zero-order chi connectivity index (χ0) is 10.8. The van der Waals surface area contributed by atoms with Crippen LogP contribution in [0.25, 0.3) is 0 Å². The lowest BCUT2D eigenvalue weighted by Gasteiger charge is -2.39. The van der Waals surface area contributed by atoms with Crippen LogP contribution in [0.1, 0.15) is 26.7 Å².